The molecule has 23 heavy (non-hydrogen) atoms. The van der Waals surface area contributed by atoms with Crippen molar-refractivity contribution in [2.24, 2.45) is 5.92 Å². The maximum Gasteiger partial charge on any atom is 0.387 e. The first kappa shape index (κ1) is 15.7. The van der Waals surface area contributed by atoms with Crippen molar-refractivity contribution in [3.05, 3.63) is 24.3 Å². The number of nitrogens with one attached hydrogen (secondary N) is 2. The van der Waals surface area contributed by atoms with E-state index in [1.807, 2.05) is 0 Å². The maximum absolute atomic E-state index is 12.2. The molecule has 2 heterocycles. The van der Waals surface area contributed by atoms with Gasteiger partial charge in [0.1, 0.15) is 5.75 Å². The zero-order chi connectivity index (χ0) is 16.2. The van der Waals surface area contributed by atoms with Gasteiger partial charge in [-0.3, -0.25) is 15.2 Å². The van der Waals surface area contributed by atoms with Crippen molar-refractivity contribution >= 4 is 23.6 Å². The molecule has 1 saturated heterocycles. The first-order valence-corrected chi connectivity index (χ1v) is 8.13. The Morgan fingerprint density at radius 1 is 1.48 bits per heavy atom. The molecule has 122 valence electrons. The quantitative estimate of drug-likeness (QED) is 0.875. The Morgan fingerprint density at radius 3 is 3.09 bits per heavy atom. The van der Waals surface area contributed by atoms with Crippen LogP contribution in [0.3, 0.4) is 0 Å². The van der Waals surface area contributed by atoms with E-state index in [1.165, 1.54) is 12.1 Å². The van der Waals surface area contributed by atoms with Crippen molar-refractivity contribution in [1.29, 1.82) is 0 Å². The van der Waals surface area contributed by atoms with E-state index in [0.717, 1.165) is 17.9 Å². The number of benzene rings is 1. The van der Waals surface area contributed by atoms with Crippen molar-refractivity contribution in [2.75, 3.05) is 16.8 Å². The fourth-order valence-electron chi connectivity index (χ4n) is 2.22. The van der Waals surface area contributed by atoms with Gasteiger partial charge in [0.05, 0.1) is 0 Å². The first-order chi connectivity index (χ1) is 11.1. The number of carbonyl (C=O) groups is 1. The summed E-state index contributed by atoms with van der Waals surface area (Å²) in [7, 11) is 0. The van der Waals surface area contributed by atoms with E-state index in [1.54, 1.807) is 23.9 Å². The van der Waals surface area contributed by atoms with Gasteiger partial charge in [-0.1, -0.05) is 12.1 Å². The number of carbonyl (C=O) groups excluding carboxylic acids is 1. The summed E-state index contributed by atoms with van der Waals surface area (Å²) in [6, 6.07) is 6.10. The third-order valence-corrected chi connectivity index (χ3v) is 4.52. The van der Waals surface area contributed by atoms with Gasteiger partial charge < -0.3 is 4.74 Å². The molecule has 2 N–H and O–H groups in total. The topological polar surface area (TPSA) is 79.9 Å². The minimum absolute atomic E-state index is 0.0234. The highest BCUT2D eigenvalue weighted by molar-refractivity contribution is 7.99. The summed E-state index contributed by atoms with van der Waals surface area (Å²) in [5.41, 5.74) is 0.535. The van der Waals surface area contributed by atoms with Crippen molar-refractivity contribution in [3.8, 4) is 17.1 Å². The van der Waals surface area contributed by atoms with Gasteiger partial charge in [-0.2, -0.15) is 25.5 Å². The van der Waals surface area contributed by atoms with Gasteiger partial charge in [-0.25, -0.2) is 0 Å². The van der Waals surface area contributed by atoms with E-state index < -0.39 is 6.61 Å². The molecular weight excluding hydrogens is 326 g/mol. The molecular formula is C14H14F2N4O2S. The van der Waals surface area contributed by atoms with Crippen molar-refractivity contribution in [1.82, 2.24) is 15.2 Å². The van der Waals surface area contributed by atoms with Crippen LogP contribution in [0.2, 0.25) is 0 Å². The molecule has 0 bridgehead atoms. The van der Waals surface area contributed by atoms with Crippen molar-refractivity contribution < 1.29 is 18.3 Å². The average Bonchev–Trinajstić information content (AvgIpc) is 3.18. The Morgan fingerprint density at radius 2 is 2.35 bits per heavy atom. The van der Waals surface area contributed by atoms with Crippen LogP contribution in [0.15, 0.2) is 24.3 Å². The highest BCUT2D eigenvalue weighted by Gasteiger charge is 2.24. The number of hydrogen-bond donors (Lipinski definition) is 2. The van der Waals surface area contributed by atoms with Crippen molar-refractivity contribution in [2.45, 2.75) is 13.0 Å². The van der Waals surface area contributed by atoms with E-state index in [-0.39, 0.29) is 23.5 Å². The number of rotatable bonds is 5. The number of anilines is 1. The van der Waals surface area contributed by atoms with Gasteiger partial charge in [-0.05, 0) is 24.3 Å². The number of alkyl halides is 2. The molecule has 0 spiro atoms. The largest absolute Gasteiger partial charge is 0.435 e. The predicted molar refractivity (Wildman–Crippen MR) is 82.5 cm³/mol. The molecule has 1 aliphatic rings. The molecule has 1 fully saturated rings. The molecule has 1 aromatic carbocycles. The highest BCUT2D eigenvalue weighted by Crippen LogP contribution is 2.25. The number of aromatic amines is 1. The predicted octanol–water partition coefficient (Wildman–Crippen LogP) is 2.76. The molecule has 1 aromatic heterocycles. The van der Waals surface area contributed by atoms with Crippen LogP contribution in [-0.2, 0) is 4.79 Å². The van der Waals surface area contributed by atoms with Gasteiger partial charge in [0, 0.05) is 17.2 Å². The minimum atomic E-state index is -2.89. The average molecular weight is 340 g/mol. The molecule has 2 aromatic rings. The van der Waals surface area contributed by atoms with E-state index in [4.69, 9.17) is 0 Å². The van der Waals surface area contributed by atoms with Crippen LogP contribution in [-0.4, -0.2) is 39.2 Å². The summed E-state index contributed by atoms with van der Waals surface area (Å²) in [6.45, 7) is -2.89. The Kier molecular flexibility index (Phi) is 4.75. The lowest BCUT2D eigenvalue weighted by atomic mass is 10.1. The monoisotopic (exact) mass is 340 g/mol. The molecule has 6 nitrogen and oxygen atoms in total. The smallest absolute Gasteiger partial charge is 0.387 e. The van der Waals surface area contributed by atoms with Crippen LogP contribution < -0.4 is 10.1 Å². The third-order valence-electron chi connectivity index (χ3n) is 3.35. The van der Waals surface area contributed by atoms with Crippen LogP contribution in [0.5, 0.6) is 5.75 Å². The lowest BCUT2D eigenvalue weighted by Gasteiger charge is -2.06. The number of H-pyrrole nitrogens is 1. The Labute approximate surface area is 135 Å². The maximum atomic E-state index is 12.2. The number of ether oxygens (including phenoxy) is 1. The number of hydrogen-bond acceptors (Lipinski definition) is 5. The van der Waals surface area contributed by atoms with Crippen LogP contribution >= 0.6 is 11.8 Å². The molecule has 1 amide bonds. The van der Waals surface area contributed by atoms with Crippen LogP contribution in [0, 0.1) is 5.92 Å². The Bertz CT molecular complexity index is 689. The molecule has 0 saturated carbocycles. The first-order valence-electron chi connectivity index (χ1n) is 6.98. The van der Waals surface area contributed by atoms with Crippen molar-refractivity contribution in [3.63, 3.8) is 0 Å². The number of thioether (sulfide) groups is 1. The summed E-state index contributed by atoms with van der Waals surface area (Å²) >= 11 is 1.74. The minimum Gasteiger partial charge on any atom is -0.435 e. The number of aromatic nitrogens is 3. The highest BCUT2D eigenvalue weighted by atomic mass is 32.2. The van der Waals surface area contributed by atoms with Gasteiger partial charge >= 0.3 is 6.61 Å². The zero-order valence-electron chi connectivity index (χ0n) is 12.0. The normalized spacial score (nSPS) is 17.4. The summed E-state index contributed by atoms with van der Waals surface area (Å²) in [5, 5.41) is 9.27. The molecule has 0 unspecified atom stereocenters. The Balaban J connectivity index is 1.70. The van der Waals surface area contributed by atoms with E-state index in [9.17, 15) is 13.6 Å². The summed E-state index contributed by atoms with van der Waals surface area (Å²) in [4.78, 5) is 16.2. The Hall–Kier alpha value is -2.16. The lowest BCUT2D eigenvalue weighted by Crippen LogP contribution is -2.22. The van der Waals surface area contributed by atoms with E-state index in [0.29, 0.717) is 11.4 Å². The molecule has 9 heteroatoms. The summed E-state index contributed by atoms with van der Waals surface area (Å²) in [6.07, 6.45) is 0.848. The third kappa shape index (κ3) is 3.98. The van der Waals surface area contributed by atoms with Gasteiger partial charge in [-0.15, -0.1) is 5.10 Å². The van der Waals surface area contributed by atoms with Crippen LogP contribution in [0.1, 0.15) is 6.42 Å². The molecule has 1 aliphatic heterocycles. The summed E-state index contributed by atoms with van der Waals surface area (Å²) in [5.74, 6) is 2.22. The fraction of sp³-hybridized carbons (Fsp3) is 0.357. The fourth-order valence-corrected chi connectivity index (χ4v) is 3.44. The molecule has 0 radical (unpaired) electrons. The second-order valence-corrected chi connectivity index (χ2v) is 6.11. The van der Waals surface area contributed by atoms with E-state index in [2.05, 4.69) is 25.2 Å². The number of amides is 1. The van der Waals surface area contributed by atoms with E-state index >= 15 is 0 Å². The number of halogens is 2. The lowest BCUT2D eigenvalue weighted by molar-refractivity contribution is -0.119. The molecule has 1 atom stereocenters. The standard InChI is InChI=1S/C14H14F2N4O2S/c15-13(16)22-10-3-1-2-8(6-10)11-17-14(20-19-11)18-12(21)9-4-5-23-7-9/h1-3,6,9,13H,4-5,7H2,(H2,17,18,19,20,21)/t9-/m1/s1. The van der Waals surface area contributed by atoms with Gasteiger partial charge in [0.2, 0.25) is 11.9 Å². The molecule has 3 rings (SSSR count). The second-order valence-electron chi connectivity index (χ2n) is 4.96. The molecule has 0 aliphatic carbocycles. The van der Waals surface area contributed by atoms with Crippen LogP contribution in [0.25, 0.3) is 11.4 Å². The summed E-state index contributed by atoms with van der Waals surface area (Å²) < 4.78 is 28.8. The zero-order valence-corrected chi connectivity index (χ0v) is 12.8. The van der Waals surface area contributed by atoms with Gasteiger partial charge in [0.15, 0.2) is 5.82 Å². The van der Waals surface area contributed by atoms with Gasteiger partial charge in [0.25, 0.3) is 0 Å². The number of nitrogens with zero attached hydrogens (tertiary/aromatic N) is 2. The SMILES string of the molecule is O=C(Nc1n[nH]c(-c2cccc(OC(F)F)c2)n1)[C@@H]1CCSC1. The second kappa shape index (κ2) is 6.95. The van der Waals surface area contributed by atoms with Crippen LogP contribution in [0.4, 0.5) is 14.7 Å².